The molecule has 3 saturated carbocycles. The summed E-state index contributed by atoms with van der Waals surface area (Å²) in [5.74, 6) is 0. The Morgan fingerprint density at radius 1 is 1.14 bits per heavy atom. The Labute approximate surface area is 88.7 Å². The van der Waals surface area contributed by atoms with Gasteiger partial charge in [-0.3, -0.25) is 0 Å². The van der Waals surface area contributed by atoms with Crippen molar-refractivity contribution >= 4 is 11.6 Å². The smallest absolute Gasteiger partial charge is 0.0488 e. The molecule has 1 aromatic rings. The van der Waals surface area contributed by atoms with E-state index in [0.717, 1.165) is 24.3 Å². The molecule has 2 heteroatoms. The van der Waals surface area contributed by atoms with Gasteiger partial charge in [0.1, 0.15) is 0 Å². The van der Waals surface area contributed by atoms with E-state index in [1.54, 1.807) is 0 Å². The van der Waals surface area contributed by atoms with Crippen molar-refractivity contribution in [3.8, 4) is 0 Å². The van der Waals surface area contributed by atoms with E-state index in [1.165, 1.54) is 5.56 Å². The lowest BCUT2D eigenvalue weighted by molar-refractivity contribution is -0.167. The summed E-state index contributed by atoms with van der Waals surface area (Å²) < 4.78 is 0. The summed E-state index contributed by atoms with van der Waals surface area (Å²) in [6.45, 7) is 0.363. The van der Waals surface area contributed by atoms with E-state index >= 15 is 0 Å². The summed E-state index contributed by atoms with van der Waals surface area (Å²) in [5, 5.41) is 9.97. The minimum atomic E-state index is 0.291. The van der Waals surface area contributed by atoms with Crippen LogP contribution in [0.5, 0.6) is 0 Å². The van der Waals surface area contributed by atoms with Gasteiger partial charge in [0, 0.05) is 11.6 Å². The SMILES string of the molecule is OCC12CC(c3ccc(Cl)cc3)(C1)C2. The van der Waals surface area contributed by atoms with E-state index in [2.05, 4.69) is 12.1 Å². The highest BCUT2D eigenvalue weighted by molar-refractivity contribution is 6.30. The van der Waals surface area contributed by atoms with Gasteiger partial charge >= 0.3 is 0 Å². The number of rotatable bonds is 2. The third-order valence-electron chi connectivity index (χ3n) is 3.93. The molecule has 3 fully saturated rings. The second kappa shape index (κ2) is 2.53. The Bertz CT molecular complexity index is 349. The Balaban J connectivity index is 1.84. The maximum atomic E-state index is 9.17. The molecule has 0 saturated heterocycles. The van der Waals surface area contributed by atoms with Crippen molar-refractivity contribution in [3.05, 3.63) is 34.9 Å². The summed E-state index contributed by atoms with van der Waals surface area (Å²) >= 11 is 5.85. The molecule has 3 aliphatic carbocycles. The van der Waals surface area contributed by atoms with Crippen LogP contribution in [0.3, 0.4) is 0 Å². The van der Waals surface area contributed by atoms with Crippen molar-refractivity contribution in [2.45, 2.75) is 24.7 Å². The van der Waals surface area contributed by atoms with Gasteiger partial charge in [-0.25, -0.2) is 0 Å². The summed E-state index contributed by atoms with van der Waals surface area (Å²) in [5.41, 5.74) is 2.09. The van der Waals surface area contributed by atoms with Gasteiger partial charge in [-0.15, -0.1) is 0 Å². The van der Waals surface area contributed by atoms with Gasteiger partial charge in [-0.05, 0) is 47.8 Å². The van der Waals surface area contributed by atoms with Crippen LogP contribution in [0.2, 0.25) is 5.02 Å². The van der Waals surface area contributed by atoms with Crippen LogP contribution >= 0.6 is 11.6 Å². The first-order valence-electron chi connectivity index (χ1n) is 5.05. The van der Waals surface area contributed by atoms with Crippen LogP contribution in [-0.2, 0) is 5.41 Å². The Hall–Kier alpha value is -0.530. The molecule has 4 rings (SSSR count). The van der Waals surface area contributed by atoms with Crippen LogP contribution in [0.25, 0.3) is 0 Å². The maximum absolute atomic E-state index is 9.17. The first-order chi connectivity index (χ1) is 6.68. The Morgan fingerprint density at radius 3 is 2.21 bits per heavy atom. The van der Waals surface area contributed by atoms with Gasteiger partial charge in [0.15, 0.2) is 0 Å². The number of benzene rings is 1. The number of aliphatic hydroxyl groups is 1. The molecule has 0 radical (unpaired) electrons. The van der Waals surface area contributed by atoms with Crippen molar-refractivity contribution in [1.29, 1.82) is 0 Å². The Kier molecular flexibility index (Phi) is 1.58. The number of aliphatic hydroxyl groups excluding tert-OH is 1. The molecular formula is C12H13ClO. The highest BCUT2D eigenvalue weighted by Crippen LogP contribution is 2.73. The molecule has 0 spiro atoms. The molecule has 2 bridgehead atoms. The maximum Gasteiger partial charge on any atom is 0.0488 e. The van der Waals surface area contributed by atoms with E-state index < -0.39 is 0 Å². The molecule has 0 amide bonds. The molecule has 0 heterocycles. The standard InChI is InChI=1S/C12H13ClO/c13-10-3-1-9(2-4-10)12-5-11(6-12,7-12)8-14/h1-4,14H,5-8H2. The molecule has 3 aliphatic rings. The lowest BCUT2D eigenvalue weighted by Gasteiger charge is -2.70. The summed E-state index contributed by atoms with van der Waals surface area (Å²) in [7, 11) is 0. The van der Waals surface area contributed by atoms with Crippen molar-refractivity contribution < 1.29 is 5.11 Å². The van der Waals surface area contributed by atoms with Crippen molar-refractivity contribution in [2.24, 2.45) is 5.41 Å². The van der Waals surface area contributed by atoms with E-state index in [0.29, 0.717) is 17.4 Å². The topological polar surface area (TPSA) is 20.2 Å². The number of hydrogen-bond acceptors (Lipinski definition) is 1. The second-order valence-corrected chi connectivity index (χ2v) is 5.41. The fraction of sp³-hybridized carbons (Fsp3) is 0.500. The lowest BCUT2D eigenvalue weighted by atomic mass is 9.34. The zero-order valence-electron chi connectivity index (χ0n) is 7.96. The fourth-order valence-electron chi connectivity index (χ4n) is 3.28. The average molecular weight is 209 g/mol. The van der Waals surface area contributed by atoms with Crippen molar-refractivity contribution in [3.63, 3.8) is 0 Å². The van der Waals surface area contributed by atoms with E-state index in [9.17, 15) is 0 Å². The van der Waals surface area contributed by atoms with Crippen molar-refractivity contribution in [1.82, 2.24) is 0 Å². The van der Waals surface area contributed by atoms with Gasteiger partial charge in [0.05, 0.1) is 0 Å². The van der Waals surface area contributed by atoms with Crippen LogP contribution in [0.15, 0.2) is 24.3 Å². The summed E-state index contributed by atoms with van der Waals surface area (Å²) in [4.78, 5) is 0. The predicted octanol–water partition coefficient (Wildman–Crippen LogP) is 2.75. The highest BCUT2D eigenvalue weighted by Gasteiger charge is 2.67. The van der Waals surface area contributed by atoms with E-state index in [4.69, 9.17) is 16.7 Å². The van der Waals surface area contributed by atoms with Crippen LogP contribution < -0.4 is 0 Å². The zero-order valence-corrected chi connectivity index (χ0v) is 8.72. The predicted molar refractivity (Wildman–Crippen MR) is 56.5 cm³/mol. The summed E-state index contributed by atoms with van der Waals surface area (Å²) in [6, 6.07) is 8.18. The van der Waals surface area contributed by atoms with E-state index in [1.807, 2.05) is 12.1 Å². The molecule has 0 atom stereocenters. The van der Waals surface area contributed by atoms with Gasteiger partial charge in [0.2, 0.25) is 0 Å². The monoisotopic (exact) mass is 208 g/mol. The van der Waals surface area contributed by atoms with Crippen LogP contribution in [-0.4, -0.2) is 11.7 Å². The first-order valence-corrected chi connectivity index (χ1v) is 5.43. The molecule has 0 aromatic heterocycles. The third kappa shape index (κ3) is 0.945. The van der Waals surface area contributed by atoms with Crippen LogP contribution in [0.4, 0.5) is 0 Å². The van der Waals surface area contributed by atoms with E-state index in [-0.39, 0.29) is 0 Å². The molecule has 1 nitrogen and oxygen atoms in total. The molecule has 1 aromatic carbocycles. The minimum absolute atomic E-state index is 0.291. The molecule has 0 unspecified atom stereocenters. The molecule has 74 valence electrons. The van der Waals surface area contributed by atoms with Crippen LogP contribution in [0, 0.1) is 5.41 Å². The largest absolute Gasteiger partial charge is 0.396 e. The molecule has 0 aliphatic heterocycles. The zero-order chi connectivity index (χ0) is 9.81. The van der Waals surface area contributed by atoms with Gasteiger partial charge in [0.25, 0.3) is 0 Å². The van der Waals surface area contributed by atoms with Crippen molar-refractivity contribution in [2.75, 3.05) is 6.61 Å². The molecule has 14 heavy (non-hydrogen) atoms. The summed E-state index contributed by atoms with van der Waals surface area (Å²) in [6.07, 6.45) is 3.49. The third-order valence-corrected chi connectivity index (χ3v) is 4.18. The minimum Gasteiger partial charge on any atom is -0.396 e. The number of halogens is 1. The van der Waals surface area contributed by atoms with Crippen LogP contribution in [0.1, 0.15) is 24.8 Å². The Morgan fingerprint density at radius 2 is 1.71 bits per heavy atom. The first kappa shape index (κ1) is 8.75. The molecule has 1 N–H and O–H groups in total. The second-order valence-electron chi connectivity index (χ2n) is 4.98. The lowest BCUT2D eigenvalue weighted by Crippen LogP contribution is -2.66. The average Bonchev–Trinajstić information content (AvgIpc) is 2.04. The van der Waals surface area contributed by atoms with Gasteiger partial charge < -0.3 is 5.11 Å². The van der Waals surface area contributed by atoms with Gasteiger partial charge in [-0.1, -0.05) is 23.7 Å². The number of hydrogen-bond donors (Lipinski definition) is 1. The fourth-order valence-corrected chi connectivity index (χ4v) is 3.40. The highest BCUT2D eigenvalue weighted by atomic mass is 35.5. The molecular weight excluding hydrogens is 196 g/mol. The normalized spacial score (nSPS) is 38.7. The quantitative estimate of drug-likeness (QED) is 0.793. The van der Waals surface area contributed by atoms with Gasteiger partial charge in [-0.2, -0.15) is 0 Å².